The van der Waals surface area contributed by atoms with Gasteiger partial charge in [-0.25, -0.2) is 4.39 Å². The van der Waals surface area contributed by atoms with Gasteiger partial charge in [0.25, 0.3) is 0 Å². The Labute approximate surface area is 128 Å². The first-order valence-electron chi connectivity index (χ1n) is 6.82. The van der Waals surface area contributed by atoms with Gasteiger partial charge in [-0.2, -0.15) is 0 Å². The zero-order chi connectivity index (χ0) is 15.2. The zero-order valence-corrected chi connectivity index (χ0v) is 12.5. The molecule has 110 valence electrons. The van der Waals surface area contributed by atoms with E-state index < -0.39 is 0 Å². The molecule has 2 aromatic carbocycles. The number of rotatable bonds is 5. The lowest BCUT2D eigenvalue weighted by molar-refractivity contribution is -0.121. The molecule has 0 radical (unpaired) electrons. The third kappa shape index (κ3) is 4.87. The van der Waals surface area contributed by atoms with Gasteiger partial charge < -0.3 is 5.32 Å². The van der Waals surface area contributed by atoms with Gasteiger partial charge in [0, 0.05) is 11.1 Å². The lowest BCUT2D eigenvalue weighted by Crippen LogP contribution is -2.35. The van der Waals surface area contributed by atoms with Crippen molar-refractivity contribution in [2.24, 2.45) is 0 Å². The lowest BCUT2D eigenvalue weighted by atomic mass is 10.1. The predicted octanol–water partition coefficient (Wildman–Crippen LogP) is 3.77. The van der Waals surface area contributed by atoms with Crippen LogP contribution in [-0.4, -0.2) is 11.9 Å². The molecule has 0 bridgehead atoms. The van der Waals surface area contributed by atoms with E-state index in [1.54, 1.807) is 12.1 Å². The lowest BCUT2D eigenvalue weighted by Gasteiger charge is -2.15. The average molecular weight is 306 g/mol. The van der Waals surface area contributed by atoms with Crippen molar-refractivity contribution >= 4 is 17.5 Å². The number of amides is 1. The molecule has 0 saturated heterocycles. The molecule has 1 N–H and O–H groups in total. The predicted molar refractivity (Wildman–Crippen MR) is 82.9 cm³/mol. The number of hydrogen-bond acceptors (Lipinski definition) is 1. The molecule has 0 spiro atoms. The third-order valence-corrected chi connectivity index (χ3v) is 3.51. The van der Waals surface area contributed by atoms with Gasteiger partial charge in [0.1, 0.15) is 5.82 Å². The smallest absolute Gasteiger partial charge is 0.224 e. The van der Waals surface area contributed by atoms with Crippen LogP contribution in [0.2, 0.25) is 5.02 Å². The molecule has 0 saturated carbocycles. The number of hydrogen-bond donors (Lipinski definition) is 1. The van der Waals surface area contributed by atoms with Crippen molar-refractivity contribution in [1.29, 1.82) is 0 Å². The summed E-state index contributed by atoms with van der Waals surface area (Å²) < 4.78 is 13.1. The summed E-state index contributed by atoms with van der Waals surface area (Å²) in [6, 6.07) is 13.6. The summed E-state index contributed by atoms with van der Waals surface area (Å²) in [5.41, 5.74) is 1.66. The van der Waals surface area contributed by atoms with Gasteiger partial charge in [0.05, 0.1) is 6.42 Å². The van der Waals surface area contributed by atoms with Crippen LogP contribution in [0.1, 0.15) is 18.1 Å². The highest BCUT2D eigenvalue weighted by Crippen LogP contribution is 2.16. The normalized spacial score (nSPS) is 12.0. The highest BCUT2D eigenvalue weighted by Gasteiger charge is 2.10. The fraction of sp³-hybridized carbons (Fsp3) is 0.235. The van der Waals surface area contributed by atoms with Crippen molar-refractivity contribution < 1.29 is 9.18 Å². The van der Waals surface area contributed by atoms with Gasteiger partial charge in [0.15, 0.2) is 0 Å². The van der Waals surface area contributed by atoms with Crippen molar-refractivity contribution in [1.82, 2.24) is 5.32 Å². The van der Waals surface area contributed by atoms with Crippen LogP contribution in [0.4, 0.5) is 4.39 Å². The maximum absolute atomic E-state index is 13.1. The zero-order valence-electron chi connectivity index (χ0n) is 11.8. The minimum atomic E-state index is -0.329. The first kappa shape index (κ1) is 15.5. The molecule has 0 heterocycles. The molecule has 0 fully saturated rings. The first-order valence-corrected chi connectivity index (χ1v) is 7.19. The Kier molecular flexibility index (Phi) is 5.34. The molecule has 1 amide bonds. The largest absolute Gasteiger partial charge is 0.353 e. The van der Waals surface area contributed by atoms with E-state index in [4.69, 9.17) is 11.6 Å². The maximum Gasteiger partial charge on any atom is 0.224 e. The van der Waals surface area contributed by atoms with Gasteiger partial charge >= 0.3 is 0 Å². The van der Waals surface area contributed by atoms with Crippen LogP contribution in [-0.2, 0) is 17.6 Å². The van der Waals surface area contributed by atoms with Crippen LogP contribution in [0.3, 0.4) is 0 Å². The summed E-state index contributed by atoms with van der Waals surface area (Å²) in [7, 11) is 0. The molecule has 0 aliphatic carbocycles. The van der Waals surface area contributed by atoms with E-state index in [9.17, 15) is 9.18 Å². The molecule has 0 aliphatic heterocycles. The van der Waals surface area contributed by atoms with Crippen LogP contribution in [0, 0.1) is 5.82 Å². The Hall–Kier alpha value is -1.87. The van der Waals surface area contributed by atoms with Crippen molar-refractivity contribution in [2.75, 3.05) is 0 Å². The molecule has 2 rings (SSSR count). The first-order chi connectivity index (χ1) is 10.0. The minimum Gasteiger partial charge on any atom is -0.353 e. The molecular formula is C17H17ClFNO. The van der Waals surface area contributed by atoms with E-state index in [1.807, 2.05) is 31.2 Å². The van der Waals surface area contributed by atoms with Crippen molar-refractivity contribution in [2.45, 2.75) is 25.8 Å². The third-order valence-electron chi connectivity index (χ3n) is 3.15. The standard InChI is InChI=1S/C17H17ClFNO/c1-12(9-14-6-2-3-8-16(14)18)20-17(21)11-13-5-4-7-15(19)10-13/h2-8,10,12H,9,11H2,1H3,(H,20,21). The van der Waals surface area contributed by atoms with E-state index in [0.29, 0.717) is 17.0 Å². The fourth-order valence-corrected chi connectivity index (χ4v) is 2.42. The highest BCUT2D eigenvalue weighted by molar-refractivity contribution is 6.31. The number of carbonyl (C=O) groups is 1. The van der Waals surface area contributed by atoms with Gasteiger partial charge in [-0.1, -0.05) is 41.9 Å². The highest BCUT2D eigenvalue weighted by atomic mass is 35.5. The molecular weight excluding hydrogens is 289 g/mol. The number of nitrogens with one attached hydrogen (secondary N) is 1. The van der Waals surface area contributed by atoms with Crippen LogP contribution in [0.25, 0.3) is 0 Å². The van der Waals surface area contributed by atoms with Crippen molar-refractivity contribution in [3.8, 4) is 0 Å². The fourth-order valence-electron chi connectivity index (χ4n) is 2.20. The van der Waals surface area contributed by atoms with Crippen molar-refractivity contribution in [3.05, 3.63) is 70.5 Å². The second kappa shape index (κ2) is 7.23. The monoisotopic (exact) mass is 305 g/mol. The van der Waals surface area contributed by atoms with Crippen LogP contribution in [0.5, 0.6) is 0 Å². The second-order valence-corrected chi connectivity index (χ2v) is 5.48. The maximum atomic E-state index is 13.1. The van der Waals surface area contributed by atoms with E-state index in [1.165, 1.54) is 12.1 Å². The second-order valence-electron chi connectivity index (χ2n) is 5.07. The van der Waals surface area contributed by atoms with E-state index in [2.05, 4.69) is 5.32 Å². The Bertz CT molecular complexity index is 630. The van der Waals surface area contributed by atoms with Crippen LogP contribution < -0.4 is 5.32 Å². The SMILES string of the molecule is CC(Cc1ccccc1Cl)NC(=O)Cc1cccc(F)c1. The van der Waals surface area contributed by atoms with Gasteiger partial charge in [-0.15, -0.1) is 0 Å². The minimum absolute atomic E-state index is 0.0361. The molecule has 1 atom stereocenters. The summed E-state index contributed by atoms with van der Waals surface area (Å²) in [5, 5.41) is 3.60. The number of carbonyl (C=O) groups excluding carboxylic acids is 1. The Morgan fingerprint density at radius 3 is 2.71 bits per heavy atom. The summed E-state index contributed by atoms with van der Waals surface area (Å²) in [6.07, 6.45) is 0.833. The summed E-state index contributed by atoms with van der Waals surface area (Å²) >= 11 is 6.10. The Morgan fingerprint density at radius 2 is 2.00 bits per heavy atom. The quantitative estimate of drug-likeness (QED) is 0.895. The number of benzene rings is 2. The molecule has 1 unspecified atom stereocenters. The van der Waals surface area contributed by atoms with Gasteiger partial charge in [-0.3, -0.25) is 4.79 Å². The van der Waals surface area contributed by atoms with E-state index >= 15 is 0 Å². The van der Waals surface area contributed by atoms with Crippen LogP contribution in [0.15, 0.2) is 48.5 Å². The summed E-state index contributed by atoms with van der Waals surface area (Å²) in [4.78, 5) is 11.9. The molecule has 2 aromatic rings. The summed E-state index contributed by atoms with van der Waals surface area (Å²) in [5.74, 6) is -0.454. The molecule has 0 aliphatic rings. The van der Waals surface area contributed by atoms with Gasteiger partial charge in [0.2, 0.25) is 5.91 Å². The van der Waals surface area contributed by atoms with E-state index in [0.717, 1.165) is 5.56 Å². The van der Waals surface area contributed by atoms with Gasteiger partial charge in [-0.05, 0) is 42.7 Å². The Morgan fingerprint density at radius 1 is 1.24 bits per heavy atom. The molecule has 2 nitrogen and oxygen atoms in total. The summed E-state index contributed by atoms with van der Waals surface area (Å²) in [6.45, 7) is 1.92. The topological polar surface area (TPSA) is 29.1 Å². The molecule has 21 heavy (non-hydrogen) atoms. The van der Waals surface area contributed by atoms with E-state index in [-0.39, 0.29) is 24.2 Å². The Balaban J connectivity index is 1.89. The molecule has 0 aromatic heterocycles. The molecule has 4 heteroatoms. The van der Waals surface area contributed by atoms with Crippen LogP contribution >= 0.6 is 11.6 Å². The average Bonchev–Trinajstić information content (AvgIpc) is 2.41. The number of halogens is 2. The van der Waals surface area contributed by atoms with Crippen molar-refractivity contribution in [3.63, 3.8) is 0 Å².